The molecule has 3 amide bonds. The number of carbonyl (C=O) groups is 3. The highest BCUT2D eigenvalue weighted by Crippen LogP contribution is 2.55. The van der Waals surface area contributed by atoms with Crippen molar-refractivity contribution in [2.45, 2.75) is 70.7 Å². The first-order chi connectivity index (χ1) is 18.7. The molecule has 8 atom stereocenters. The summed E-state index contributed by atoms with van der Waals surface area (Å²) in [5.74, 6) is -1.25. The molecule has 212 valence electrons. The van der Waals surface area contributed by atoms with Crippen molar-refractivity contribution >= 4 is 35.0 Å². The zero-order chi connectivity index (χ0) is 27.9. The monoisotopic (exact) mass is 556 g/mol. The van der Waals surface area contributed by atoms with E-state index in [1.807, 2.05) is 12.2 Å². The molecular weight excluding hydrogens is 516 g/mol. The van der Waals surface area contributed by atoms with Crippen LogP contribution < -0.4 is 10.6 Å². The van der Waals surface area contributed by atoms with E-state index in [4.69, 9.17) is 16.3 Å². The molecule has 2 bridgehead atoms. The van der Waals surface area contributed by atoms with Crippen LogP contribution in [-0.4, -0.2) is 77.5 Å². The third kappa shape index (κ3) is 5.00. The maximum Gasteiger partial charge on any atom is 0.246 e. The molecule has 3 fully saturated rings. The molecule has 9 heteroatoms. The lowest BCUT2D eigenvalue weighted by Crippen LogP contribution is -2.58. The van der Waals surface area contributed by atoms with E-state index in [9.17, 15) is 14.4 Å². The van der Waals surface area contributed by atoms with Crippen molar-refractivity contribution in [1.82, 2.24) is 15.1 Å². The average molecular weight is 557 g/mol. The van der Waals surface area contributed by atoms with E-state index < -0.39 is 29.6 Å². The number of nitrogens with one attached hydrogen (secondary N) is 2. The van der Waals surface area contributed by atoms with Gasteiger partial charge >= 0.3 is 0 Å². The van der Waals surface area contributed by atoms with Gasteiger partial charge in [0.15, 0.2) is 0 Å². The van der Waals surface area contributed by atoms with E-state index in [0.717, 1.165) is 32.4 Å². The number of hydrogen-bond acceptors (Lipinski definition) is 5. The molecule has 4 aliphatic rings. The summed E-state index contributed by atoms with van der Waals surface area (Å²) < 4.78 is 6.48. The Kier molecular flexibility index (Phi) is 8.09. The highest BCUT2D eigenvalue weighted by molar-refractivity contribution is 6.30. The molecule has 8 nitrogen and oxygen atoms in total. The number of carbonyl (C=O) groups excluding carboxylic acids is 3. The quantitative estimate of drug-likeness (QED) is 0.453. The van der Waals surface area contributed by atoms with Crippen LogP contribution in [-0.2, 0) is 19.1 Å². The lowest BCUT2D eigenvalue weighted by Gasteiger charge is -2.38. The van der Waals surface area contributed by atoms with Gasteiger partial charge in [0.25, 0.3) is 0 Å². The van der Waals surface area contributed by atoms with Gasteiger partial charge < -0.3 is 25.2 Å². The maximum atomic E-state index is 14.1. The highest BCUT2D eigenvalue weighted by atomic mass is 35.5. The van der Waals surface area contributed by atoms with E-state index in [2.05, 4.69) is 43.2 Å². The van der Waals surface area contributed by atoms with Crippen LogP contribution in [0.3, 0.4) is 0 Å². The van der Waals surface area contributed by atoms with Gasteiger partial charge in [-0.05, 0) is 55.6 Å². The van der Waals surface area contributed by atoms with Gasteiger partial charge in [-0.1, -0.05) is 64.3 Å². The fourth-order valence-electron chi connectivity index (χ4n) is 7.10. The van der Waals surface area contributed by atoms with Crippen molar-refractivity contribution in [1.29, 1.82) is 0 Å². The average Bonchev–Trinajstić information content (AvgIpc) is 3.56. The van der Waals surface area contributed by atoms with Gasteiger partial charge in [-0.2, -0.15) is 0 Å². The minimum Gasteiger partial charge on any atom is -0.359 e. The number of benzene rings is 1. The molecule has 1 saturated carbocycles. The van der Waals surface area contributed by atoms with Crippen LogP contribution in [0.4, 0.5) is 5.69 Å². The normalized spacial score (nSPS) is 35.0. The number of hydrogen-bond donors (Lipinski definition) is 2. The van der Waals surface area contributed by atoms with Crippen LogP contribution in [0.5, 0.6) is 0 Å². The van der Waals surface area contributed by atoms with E-state index in [-0.39, 0.29) is 23.8 Å². The smallest absolute Gasteiger partial charge is 0.246 e. The van der Waals surface area contributed by atoms with Crippen molar-refractivity contribution < 1.29 is 19.1 Å². The van der Waals surface area contributed by atoms with Crippen LogP contribution in [0.15, 0.2) is 36.4 Å². The number of nitrogens with zero attached hydrogens (tertiary/aromatic N) is 2. The molecular formula is C30H41ClN4O4. The van der Waals surface area contributed by atoms with E-state index in [1.165, 1.54) is 0 Å². The van der Waals surface area contributed by atoms with Crippen molar-refractivity contribution in [3.05, 3.63) is 41.4 Å². The predicted molar refractivity (Wildman–Crippen MR) is 151 cm³/mol. The highest BCUT2D eigenvalue weighted by Gasteiger charge is 2.72. The number of amides is 3. The fourth-order valence-corrected chi connectivity index (χ4v) is 7.23. The van der Waals surface area contributed by atoms with E-state index >= 15 is 0 Å². The second-order valence-electron chi connectivity index (χ2n) is 11.6. The van der Waals surface area contributed by atoms with Crippen LogP contribution in [0.2, 0.25) is 5.02 Å². The molecule has 1 aromatic carbocycles. The molecule has 2 N–H and O–H groups in total. The number of ether oxygens (including phenoxy) is 1. The number of anilines is 1. The lowest BCUT2D eigenvalue weighted by atomic mass is 9.73. The molecule has 0 radical (unpaired) electrons. The predicted octanol–water partition coefficient (Wildman–Crippen LogP) is 3.71. The number of fused-ring (bicyclic) bond motifs is 1. The molecule has 0 aromatic heterocycles. The number of rotatable bonds is 9. The molecule has 5 rings (SSSR count). The summed E-state index contributed by atoms with van der Waals surface area (Å²) in [4.78, 5) is 45.7. The fraction of sp³-hybridized carbons (Fsp3) is 0.633. The Bertz CT molecular complexity index is 1120. The SMILES string of the molecule is CCN(CC)CCN1C(=O)[C@@H]2C(C(=O)Nc3ccc(Cl)cc3)[C@@H]3C=CC2(O3)C1C(=O)NC1CCCC(C)C1C. The second-order valence-corrected chi connectivity index (χ2v) is 12.1. The van der Waals surface area contributed by atoms with Gasteiger partial charge in [-0.15, -0.1) is 0 Å². The minimum absolute atomic E-state index is 0.0583. The first-order valence-electron chi connectivity index (χ1n) is 14.5. The third-order valence-electron chi connectivity index (χ3n) is 9.62. The summed E-state index contributed by atoms with van der Waals surface area (Å²) in [6.45, 7) is 11.4. The summed E-state index contributed by atoms with van der Waals surface area (Å²) >= 11 is 6.01. The standard InChI is InChI=1S/C30H41ClN4O4/c1-5-34(6-2)16-17-35-26(28(37)33-22-9-7-8-18(3)19(22)4)30-15-14-23(39-30)24(25(30)29(35)38)27(36)32-21-12-10-20(31)11-13-21/h10-15,18-19,22-26H,5-9,16-17H2,1-4H3,(H,32,36)(H,33,37)/t18?,19?,22?,23-,24?,25-,26?,30?/m0/s1. The Morgan fingerprint density at radius 1 is 1.13 bits per heavy atom. The summed E-state index contributed by atoms with van der Waals surface area (Å²) in [6.07, 6.45) is 6.34. The van der Waals surface area contributed by atoms with Gasteiger partial charge in [0.2, 0.25) is 17.7 Å². The van der Waals surface area contributed by atoms with Crippen LogP contribution in [0.25, 0.3) is 0 Å². The van der Waals surface area contributed by atoms with Crippen molar-refractivity contribution in [3.63, 3.8) is 0 Å². The first-order valence-corrected chi connectivity index (χ1v) is 14.8. The Hall–Kier alpha value is -2.42. The second kappa shape index (κ2) is 11.2. The van der Waals surface area contributed by atoms with Crippen LogP contribution in [0, 0.1) is 23.7 Å². The molecule has 1 aliphatic carbocycles. The Balaban J connectivity index is 1.43. The molecule has 6 unspecified atom stereocenters. The first kappa shape index (κ1) is 28.1. The van der Waals surface area contributed by atoms with Crippen molar-refractivity contribution in [3.8, 4) is 0 Å². The summed E-state index contributed by atoms with van der Waals surface area (Å²) in [5, 5.41) is 6.82. The summed E-state index contributed by atoms with van der Waals surface area (Å²) in [6, 6.07) is 6.12. The minimum atomic E-state index is -1.15. The van der Waals surface area contributed by atoms with Crippen molar-refractivity contribution in [2.24, 2.45) is 23.7 Å². The molecule has 39 heavy (non-hydrogen) atoms. The zero-order valence-corrected chi connectivity index (χ0v) is 24.1. The van der Waals surface area contributed by atoms with Gasteiger partial charge in [-0.25, -0.2) is 0 Å². The lowest BCUT2D eigenvalue weighted by molar-refractivity contribution is -0.141. The summed E-state index contributed by atoms with van der Waals surface area (Å²) in [5.41, 5.74) is -0.551. The van der Waals surface area contributed by atoms with Gasteiger partial charge in [0.1, 0.15) is 11.6 Å². The molecule has 1 aromatic rings. The van der Waals surface area contributed by atoms with Crippen LogP contribution in [0.1, 0.15) is 47.0 Å². The number of halogens is 1. The zero-order valence-electron chi connectivity index (χ0n) is 23.4. The third-order valence-corrected chi connectivity index (χ3v) is 9.87. The van der Waals surface area contributed by atoms with Gasteiger partial charge in [0.05, 0.1) is 17.9 Å². The van der Waals surface area contributed by atoms with Gasteiger partial charge in [-0.3, -0.25) is 14.4 Å². The summed E-state index contributed by atoms with van der Waals surface area (Å²) in [7, 11) is 0. The Morgan fingerprint density at radius 3 is 2.54 bits per heavy atom. The van der Waals surface area contributed by atoms with E-state index in [0.29, 0.717) is 35.6 Å². The topological polar surface area (TPSA) is 91.0 Å². The largest absolute Gasteiger partial charge is 0.359 e. The molecule has 3 heterocycles. The van der Waals surface area contributed by atoms with Crippen molar-refractivity contribution in [2.75, 3.05) is 31.5 Å². The number of likely N-dealkylation sites (N-methyl/N-ethyl adjacent to an activating group) is 1. The van der Waals surface area contributed by atoms with E-state index in [1.54, 1.807) is 29.2 Å². The molecule has 3 aliphatic heterocycles. The van der Waals surface area contributed by atoms with Gasteiger partial charge in [0, 0.05) is 29.8 Å². The maximum absolute atomic E-state index is 14.1. The Morgan fingerprint density at radius 2 is 1.85 bits per heavy atom. The Labute approximate surface area is 236 Å². The molecule has 1 spiro atoms. The number of likely N-dealkylation sites (tertiary alicyclic amines) is 1. The molecule has 2 saturated heterocycles. The van der Waals surface area contributed by atoms with Crippen LogP contribution >= 0.6 is 11.6 Å².